The van der Waals surface area contributed by atoms with Gasteiger partial charge in [-0.25, -0.2) is 0 Å². The zero-order valence-electron chi connectivity index (χ0n) is 9.97. The number of hydrogen-bond donors (Lipinski definition) is 0. The molecular weight excluding hydrogens is 208 g/mol. The first-order chi connectivity index (χ1) is 8.24. The van der Waals surface area contributed by atoms with Gasteiger partial charge in [0.15, 0.2) is 0 Å². The van der Waals surface area contributed by atoms with Crippen LogP contribution in [0.1, 0.15) is 18.9 Å². The second-order valence-corrected chi connectivity index (χ2v) is 4.53. The van der Waals surface area contributed by atoms with Crippen LogP contribution in [0.15, 0.2) is 60.2 Å². The van der Waals surface area contributed by atoms with E-state index in [9.17, 15) is 4.79 Å². The summed E-state index contributed by atoms with van der Waals surface area (Å²) in [5.74, 6) is 0. The van der Waals surface area contributed by atoms with Gasteiger partial charge in [-0.2, -0.15) is 0 Å². The van der Waals surface area contributed by atoms with E-state index in [0.29, 0.717) is 0 Å². The fraction of sp³-hybridized carbons (Fsp3) is 0.188. The summed E-state index contributed by atoms with van der Waals surface area (Å²) in [6.07, 6.45) is 12.0. The fourth-order valence-electron chi connectivity index (χ4n) is 1.91. The highest BCUT2D eigenvalue weighted by Gasteiger charge is 2.26. The Balaban J connectivity index is 2.23. The summed E-state index contributed by atoms with van der Waals surface area (Å²) in [4.78, 5) is 11.2. The molecule has 0 amide bonds. The van der Waals surface area contributed by atoms with Crippen LogP contribution in [0.2, 0.25) is 0 Å². The number of benzene rings is 1. The van der Waals surface area contributed by atoms with Crippen molar-refractivity contribution in [2.45, 2.75) is 13.3 Å². The molecule has 0 aliphatic heterocycles. The molecule has 0 N–H and O–H groups in total. The van der Waals surface area contributed by atoms with Gasteiger partial charge in [-0.3, -0.25) is 0 Å². The van der Waals surface area contributed by atoms with Crippen LogP contribution in [-0.2, 0) is 4.79 Å². The van der Waals surface area contributed by atoms with Crippen molar-refractivity contribution in [1.82, 2.24) is 0 Å². The topological polar surface area (TPSA) is 17.1 Å². The SMILES string of the molecule is CC1(C=O)CC=CC=C1C=Cc1ccccc1. The van der Waals surface area contributed by atoms with Crippen LogP contribution in [-0.4, -0.2) is 6.29 Å². The molecule has 1 nitrogen and oxygen atoms in total. The lowest BCUT2D eigenvalue weighted by Crippen LogP contribution is -2.20. The van der Waals surface area contributed by atoms with Crippen molar-refractivity contribution in [3.63, 3.8) is 0 Å². The smallest absolute Gasteiger partial charge is 0.130 e. The van der Waals surface area contributed by atoms with E-state index in [4.69, 9.17) is 0 Å². The van der Waals surface area contributed by atoms with Gasteiger partial charge in [0.25, 0.3) is 0 Å². The highest BCUT2D eigenvalue weighted by molar-refractivity contribution is 5.70. The summed E-state index contributed by atoms with van der Waals surface area (Å²) in [6, 6.07) is 10.1. The summed E-state index contributed by atoms with van der Waals surface area (Å²) in [5.41, 5.74) is 1.84. The third-order valence-electron chi connectivity index (χ3n) is 3.13. The largest absolute Gasteiger partial charge is 0.302 e. The van der Waals surface area contributed by atoms with Gasteiger partial charge >= 0.3 is 0 Å². The third kappa shape index (κ3) is 2.62. The van der Waals surface area contributed by atoms with Crippen molar-refractivity contribution in [3.8, 4) is 0 Å². The van der Waals surface area contributed by atoms with E-state index in [0.717, 1.165) is 23.8 Å². The molecule has 2 rings (SSSR count). The van der Waals surface area contributed by atoms with Crippen molar-refractivity contribution in [2.24, 2.45) is 5.41 Å². The quantitative estimate of drug-likeness (QED) is 0.714. The molecule has 0 radical (unpaired) electrons. The molecule has 0 heterocycles. The lowest BCUT2D eigenvalue weighted by Gasteiger charge is -2.25. The standard InChI is InChI=1S/C16H16O/c1-16(13-17)12-6-5-9-15(16)11-10-14-7-3-2-4-8-14/h2-11,13H,12H2,1H3. The highest BCUT2D eigenvalue weighted by atomic mass is 16.1. The normalized spacial score (nSPS) is 23.7. The Morgan fingerprint density at radius 1 is 1.18 bits per heavy atom. The minimum absolute atomic E-state index is 0.375. The van der Waals surface area contributed by atoms with Crippen LogP contribution in [0, 0.1) is 5.41 Å². The van der Waals surface area contributed by atoms with Crippen molar-refractivity contribution in [2.75, 3.05) is 0 Å². The van der Waals surface area contributed by atoms with E-state index in [1.165, 1.54) is 0 Å². The van der Waals surface area contributed by atoms with E-state index in [2.05, 4.69) is 0 Å². The van der Waals surface area contributed by atoms with Crippen molar-refractivity contribution in [1.29, 1.82) is 0 Å². The molecule has 0 spiro atoms. The van der Waals surface area contributed by atoms with Crippen LogP contribution in [0.3, 0.4) is 0 Å². The maximum absolute atomic E-state index is 11.2. The maximum Gasteiger partial charge on any atom is 0.130 e. The number of rotatable bonds is 3. The molecule has 1 aromatic carbocycles. The fourth-order valence-corrected chi connectivity index (χ4v) is 1.91. The molecule has 17 heavy (non-hydrogen) atoms. The van der Waals surface area contributed by atoms with E-state index in [1.807, 2.05) is 67.6 Å². The van der Waals surface area contributed by atoms with Crippen molar-refractivity contribution >= 4 is 12.4 Å². The Morgan fingerprint density at radius 2 is 1.94 bits per heavy atom. The van der Waals surface area contributed by atoms with Gasteiger partial charge in [-0.05, 0) is 24.5 Å². The Morgan fingerprint density at radius 3 is 2.65 bits per heavy atom. The first-order valence-corrected chi connectivity index (χ1v) is 5.81. The lowest BCUT2D eigenvalue weighted by molar-refractivity contribution is -0.113. The summed E-state index contributed by atoms with van der Waals surface area (Å²) < 4.78 is 0. The predicted molar refractivity (Wildman–Crippen MR) is 71.5 cm³/mol. The molecule has 0 aromatic heterocycles. The zero-order valence-corrected chi connectivity index (χ0v) is 9.97. The summed E-state index contributed by atoms with van der Waals surface area (Å²) in [6.45, 7) is 1.98. The summed E-state index contributed by atoms with van der Waals surface area (Å²) in [7, 11) is 0. The van der Waals surface area contributed by atoms with Crippen LogP contribution < -0.4 is 0 Å². The van der Waals surface area contributed by atoms with Gasteiger partial charge in [0.1, 0.15) is 6.29 Å². The zero-order chi connectivity index (χ0) is 12.1. The molecule has 1 aromatic rings. The van der Waals surface area contributed by atoms with Gasteiger partial charge in [0.2, 0.25) is 0 Å². The Labute approximate surface area is 102 Å². The number of aldehydes is 1. The molecular formula is C16H16O. The molecule has 1 heteroatoms. The second-order valence-electron chi connectivity index (χ2n) is 4.53. The Kier molecular flexibility index (Phi) is 3.38. The average molecular weight is 224 g/mol. The molecule has 0 bridgehead atoms. The van der Waals surface area contributed by atoms with E-state index in [-0.39, 0.29) is 5.41 Å². The minimum Gasteiger partial charge on any atom is -0.302 e. The molecule has 1 unspecified atom stereocenters. The summed E-state index contributed by atoms with van der Waals surface area (Å²) >= 11 is 0. The molecule has 86 valence electrons. The number of carbonyl (C=O) groups is 1. The third-order valence-corrected chi connectivity index (χ3v) is 3.13. The highest BCUT2D eigenvalue weighted by Crippen LogP contribution is 2.33. The number of hydrogen-bond acceptors (Lipinski definition) is 1. The number of carbonyl (C=O) groups excluding carboxylic acids is 1. The first-order valence-electron chi connectivity index (χ1n) is 5.81. The van der Waals surface area contributed by atoms with E-state index < -0.39 is 0 Å². The van der Waals surface area contributed by atoms with Gasteiger partial charge < -0.3 is 4.79 Å². The first kappa shape index (κ1) is 11.6. The van der Waals surface area contributed by atoms with Crippen LogP contribution in [0.4, 0.5) is 0 Å². The molecule has 1 aliphatic carbocycles. The van der Waals surface area contributed by atoms with Crippen molar-refractivity contribution in [3.05, 3.63) is 65.8 Å². The number of allylic oxidation sites excluding steroid dienone is 5. The van der Waals surface area contributed by atoms with Crippen LogP contribution in [0.5, 0.6) is 0 Å². The minimum atomic E-state index is -0.375. The Bertz CT molecular complexity index is 480. The maximum atomic E-state index is 11.2. The predicted octanol–water partition coefficient (Wildman–Crippen LogP) is 3.79. The second kappa shape index (κ2) is 4.96. The van der Waals surface area contributed by atoms with Crippen molar-refractivity contribution < 1.29 is 4.79 Å². The van der Waals surface area contributed by atoms with Crippen LogP contribution >= 0.6 is 0 Å². The lowest BCUT2D eigenvalue weighted by atomic mass is 9.77. The molecule has 1 aliphatic rings. The Hall–Kier alpha value is -1.89. The monoisotopic (exact) mass is 224 g/mol. The molecule has 0 fully saturated rings. The molecule has 0 saturated carbocycles. The van der Waals surface area contributed by atoms with Gasteiger partial charge in [0, 0.05) is 0 Å². The van der Waals surface area contributed by atoms with Gasteiger partial charge in [0.05, 0.1) is 5.41 Å². The van der Waals surface area contributed by atoms with E-state index >= 15 is 0 Å². The van der Waals surface area contributed by atoms with Gasteiger partial charge in [-0.1, -0.05) is 60.7 Å². The van der Waals surface area contributed by atoms with Crippen LogP contribution in [0.25, 0.3) is 6.08 Å². The molecule has 1 atom stereocenters. The molecule has 0 saturated heterocycles. The van der Waals surface area contributed by atoms with E-state index in [1.54, 1.807) is 0 Å². The summed E-state index contributed by atoms with van der Waals surface area (Å²) in [5, 5.41) is 0. The average Bonchev–Trinajstić information content (AvgIpc) is 2.39. The van der Waals surface area contributed by atoms with Gasteiger partial charge in [-0.15, -0.1) is 0 Å².